The summed E-state index contributed by atoms with van der Waals surface area (Å²) in [5, 5.41) is 0. The quantitative estimate of drug-likeness (QED) is 0.361. The highest BCUT2D eigenvalue weighted by Gasteiger charge is 2.60. The van der Waals surface area contributed by atoms with Crippen LogP contribution in [0.25, 0.3) is 0 Å². The molecule has 0 aromatic heterocycles. The average molecular weight is 504 g/mol. The van der Waals surface area contributed by atoms with E-state index < -0.39 is 0 Å². The molecular weight excluding hydrogens is 456 g/mol. The SMILES string of the molecule is [C]#Cc1ccc(C23CC4CC(CC(C4)C2)C3)c(C23CC4CC(CC(C4)C2)C3)c1C12CC3CC(CC(C3)C1)C2. The van der Waals surface area contributed by atoms with Gasteiger partial charge in [-0.3, -0.25) is 0 Å². The van der Waals surface area contributed by atoms with E-state index in [4.69, 9.17) is 6.42 Å². The molecular formula is C38H47. The molecule has 12 fully saturated rings. The molecule has 0 spiro atoms. The van der Waals surface area contributed by atoms with Crippen LogP contribution in [0.5, 0.6) is 0 Å². The Kier molecular flexibility index (Phi) is 4.34. The summed E-state index contributed by atoms with van der Waals surface area (Å²) in [5.74, 6) is 12.0. The number of hydrogen-bond acceptors (Lipinski definition) is 0. The van der Waals surface area contributed by atoms with Crippen LogP contribution >= 0.6 is 0 Å². The van der Waals surface area contributed by atoms with Gasteiger partial charge >= 0.3 is 0 Å². The molecule has 0 unspecified atom stereocenters. The van der Waals surface area contributed by atoms with Crippen LogP contribution in [0.2, 0.25) is 0 Å². The minimum Gasteiger partial charge on any atom is -0.0569 e. The molecule has 0 heteroatoms. The fourth-order valence-corrected chi connectivity index (χ4v) is 15.5. The van der Waals surface area contributed by atoms with Gasteiger partial charge in [-0.15, -0.1) is 0 Å². The van der Waals surface area contributed by atoms with Crippen molar-refractivity contribution < 1.29 is 0 Å². The predicted octanol–water partition coefficient (Wildman–Crippen LogP) is 9.03. The highest BCUT2D eigenvalue weighted by Crippen LogP contribution is 2.69. The van der Waals surface area contributed by atoms with Crippen molar-refractivity contribution in [2.45, 2.75) is 132 Å². The molecule has 0 N–H and O–H groups in total. The van der Waals surface area contributed by atoms with Crippen LogP contribution < -0.4 is 0 Å². The van der Waals surface area contributed by atoms with Gasteiger partial charge in [-0.1, -0.05) is 12.0 Å². The molecule has 0 heterocycles. The average Bonchev–Trinajstić information content (AvgIpc) is 2.85. The number of benzene rings is 1. The minimum absolute atomic E-state index is 0.370. The Balaban J connectivity index is 1.24. The van der Waals surface area contributed by atoms with Crippen LogP contribution in [0.15, 0.2) is 12.1 Å². The van der Waals surface area contributed by atoms with Crippen LogP contribution in [-0.4, -0.2) is 0 Å². The van der Waals surface area contributed by atoms with E-state index in [2.05, 4.69) is 18.1 Å². The van der Waals surface area contributed by atoms with E-state index in [9.17, 15) is 0 Å². The summed E-state index contributed by atoms with van der Waals surface area (Å²) in [4.78, 5) is 0. The van der Waals surface area contributed by atoms with E-state index in [0.29, 0.717) is 16.2 Å². The van der Waals surface area contributed by atoms with E-state index in [-0.39, 0.29) is 0 Å². The molecule has 0 aliphatic heterocycles. The molecule has 13 rings (SSSR count). The maximum Gasteiger partial charge on any atom is 0.0296 e. The Bertz CT molecular complexity index is 1130. The van der Waals surface area contributed by atoms with E-state index in [1.165, 1.54) is 102 Å². The lowest BCUT2D eigenvalue weighted by Gasteiger charge is -2.63. The van der Waals surface area contributed by atoms with Gasteiger partial charge in [0, 0.05) is 5.56 Å². The van der Waals surface area contributed by atoms with Crippen LogP contribution in [0.1, 0.15) is 138 Å². The van der Waals surface area contributed by atoms with Gasteiger partial charge in [0.15, 0.2) is 0 Å². The first-order chi connectivity index (χ1) is 18.5. The molecule has 0 atom stereocenters. The molecule has 12 bridgehead atoms. The van der Waals surface area contributed by atoms with E-state index >= 15 is 0 Å². The van der Waals surface area contributed by atoms with Gasteiger partial charge in [-0.2, -0.15) is 0 Å². The summed E-state index contributed by atoms with van der Waals surface area (Å²) in [7, 11) is 0. The van der Waals surface area contributed by atoms with Crippen molar-refractivity contribution in [3.63, 3.8) is 0 Å². The molecule has 0 nitrogen and oxygen atoms in total. The van der Waals surface area contributed by atoms with E-state index in [1.807, 2.05) is 11.1 Å². The molecule has 1 radical (unpaired) electrons. The molecule has 1 aromatic rings. The lowest BCUT2D eigenvalue weighted by Crippen LogP contribution is -2.55. The van der Waals surface area contributed by atoms with E-state index in [1.54, 1.807) is 24.8 Å². The van der Waals surface area contributed by atoms with Crippen LogP contribution in [0.4, 0.5) is 0 Å². The van der Waals surface area contributed by atoms with Crippen molar-refractivity contribution in [1.29, 1.82) is 0 Å². The summed E-state index contributed by atoms with van der Waals surface area (Å²) in [5.41, 5.74) is 8.08. The Morgan fingerprint density at radius 2 is 0.763 bits per heavy atom. The zero-order chi connectivity index (χ0) is 24.9. The van der Waals surface area contributed by atoms with Gasteiger partial charge in [-0.05, 0) is 214 Å². The van der Waals surface area contributed by atoms with Gasteiger partial charge in [-0.25, -0.2) is 0 Å². The summed E-state index contributed by atoms with van der Waals surface area (Å²) in [6.45, 7) is 0. The van der Waals surface area contributed by atoms with Crippen molar-refractivity contribution in [1.82, 2.24) is 0 Å². The zero-order valence-electron chi connectivity index (χ0n) is 23.6. The summed E-state index contributed by atoms with van der Waals surface area (Å²) >= 11 is 0. The molecule has 12 aliphatic carbocycles. The van der Waals surface area contributed by atoms with Gasteiger partial charge < -0.3 is 0 Å². The third-order valence-electron chi connectivity index (χ3n) is 15.1. The topological polar surface area (TPSA) is 0 Å². The first kappa shape index (κ1) is 22.5. The first-order valence-corrected chi connectivity index (χ1v) is 17.1. The third kappa shape index (κ3) is 2.91. The monoisotopic (exact) mass is 503 g/mol. The Morgan fingerprint density at radius 1 is 0.447 bits per heavy atom. The maximum absolute atomic E-state index is 8.67. The van der Waals surface area contributed by atoms with Crippen molar-refractivity contribution >= 4 is 0 Å². The molecule has 12 aliphatic rings. The Hall–Kier alpha value is -1.22. The largest absolute Gasteiger partial charge is 0.0569 e. The summed E-state index contributed by atoms with van der Waals surface area (Å²) in [6, 6.07) is 5.11. The summed E-state index contributed by atoms with van der Waals surface area (Å²) in [6.07, 6.45) is 35.7. The van der Waals surface area contributed by atoms with Gasteiger partial charge in [0.25, 0.3) is 0 Å². The van der Waals surface area contributed by atoms with E-state index in [0.717, 1.165) is 53.3 Å². The second-order valence-electron chi connectivity index (χ2n) is 17.6. The van der Waals surface area contributed by atoms with Gasteiger partial charge in [0.2, 0.25) is 0 Å². The number of rotatable bonds is 3. The second kappa shape index (κ2) is 7.34. The highest BCUT2D eigenvalue weighted by molar-refractivity contribution is 5.58. The fraction of sp³-hybridized carbons (Fsp3) is 0.789. The fourth-order valence-electron chi connectivity index (χ4n) is 15.5. The van der Waals surface area contributed by atoms with Crippen molar-refractivity contribution in [2.75, 3.05) is 0 Å². The number of hydrogen-bond donors (Lipinski definition) is 0. The molecule has 1 aromatic carbocycles. The lowest BCUT2D eigenvalue weighted by atomic mass is 9.41. The highest BCUT2D eigenvalue weighted by atomic mass is 14.6. The molecule has 38 heavy (non-hydrogen) atoms. The Morgan fingerprint density at radius 3 is 1.11 bits per heavy atom. The Labute approximate surface area is 231 Å². The van der Waals surface area contributed by atoms with Crippen molar-refractivity contribution in [3.05, 3.63) is 40.8 Å². The molecule has 0 saturated heterocycles. The molecule has 0 amide bonds. The third-order valence-corrected chi connectivity index (χ3v) is 15.1. The summed E-state index contributed by atoms with van der Waals surface area (Å²) < 4.78 is 0. The standard InChI is InChI=1S/C38H47/c1-2-32-3-4-33(36-14-23-5-24(15-36)7-25(6-23)16-36)35(38-20-29-11-30(21-38)13-31(12-29)22-38)34(32)37-17-26-8-27(18-37)10-28(9-26)19-37/h3-4,23-31H,5-22H2. The minimum atomic E-state index is 0.370. The van der Waals surface area contributed by atoms with Crippen LogP contribution in [-0.2, 0) is 16.2 Å². The second-order valence-corrected chi connectivity index (χ2v) is 17.6. The van der Waals surface area contributed by atoms with Crippen LogP contribution in [0, 0.1) is 65.6 Å². The molecule has 199 valence electrons. The van der Waals surface area contributed by atoms with Gasteiger partial charge in [0.1, 0.15) is 0 Å². The normalized spacial score (nSPS) is 54.6. The van der Waals surface area contributed by atoms with Crippen molar-refractivity contribution in [3.8, 4) is 5.92 Å². The maximum atomic E-state index is 8.67. The smallest absolute Gasteiger partial charge is 0.0296 e. The lowest BCUT2D eigenvalue weighted by molar-refractivity contribution is -0.0244. The first-order valence-electron chi connectivity index (χ1n) is 17.1. The zero-order valence-corrected chi connectivity index (χ0v) is 23.6. The van der Waals surface area contributed by atoms with Crippen LogP contribution in [0.3, 0.4) is 0 Å². The molecule has 12 saturated carbocycles. The van der Waals surface area contributed by atoms with Crippen molar-refractivity contribution in [2.24, 2.45) is 53.3 Å². The predicted molar refractivity (Wildman–Crippen MR) is 152 cm³/mol. The van der Waals surface area contributed by atoms with Gasteiger partial charge in [0.05, 0.1) is 0 Å².